The molecule has 7 heteroatoms. The van der Waals surface area contributed by atoms with Gasteiger partial charge in [-0.1, -0.05) is 30.0 Å². The van der Waals surface area contributed by atoms with Crippen LogP contribution in [0.3, 0.4) is 0 Å². The maximum atomic E-state index is 12.6. The van der Waals surface area contributed by atoms with Gasteiger partial charge in [-0.2, -0.15) is 0 Å². The van der Waals surface area contributed by atoms with Gasteiger partial charge in [0, 0.05) is 11.7 Å². The van der Waals surface area contributed by atoms with E-state index >= 15 is 0 Å². The molecular weight excluding hydrogens is 364 g/mol. The number of rotatable bonds is 6. The van der Waals surface area contributed by atoms with Crippen LogP contribution < -0.4 is 5.32 Å². The van der Waals surface area contributed by atoms with Crippen LogP contribution in [-0.4, -0.2) is 25.9 Å². The Balaban J connectivity index is 1.51. The molecule has 1 atom stereocenters. The zero-order valence-corrected chi connectivity index (χ0v) is 16.3. The van der Waals surface area contributed by atoms with E-state index in [0.717, 1.165) is 40.0 Å². The molecule has 0 radical (unpaired) electrons. The summed E-state index contributed by atoms with van der Waals surface area (Å²) in [7, 11) is 0. The van der Waals surface area contributed by atoms with Crippen molar-refractivity contribution >= 4 is 34.7 Å². The third-order valence-corrected chi connectivity index (χ3v) is 6.18. The lowest BCUT2D eigenvalue weighted by Gasteiger charge is -2.13. The standard InChI is InChI=1S/C19H20N4OS2/c1-12-5-3-6-14(11-12)20-18(24)13(2)26-19-22-21-17(16-7-4-10-25-16)23(19)15-8-9-15/h3-7,10-11,13,15H,8-9H2,1-2H3,(H,20,24)/t13-/m0/s1. The molecule has 1 aliphatic carbocycles. The fraction of sp³-hybridized carbons (Fsp3) is 0.316. The molecule has 1 saturated carbocycles. The number of thioether (sulfide) groups is 1. The van der Waals surface area contributed by atoms with Crippen molar-refractivity contribution in [1.29, 1.82) is 0 Å². The minimum absolute atomic E-state index is 0.0244. The quantitative estimate of drug-likeness (QED) is 0.622. The molecule has 1 aliphatic rings. The second-order valence-corrected chi connectivity index (χ2v) is 8.76. The number of benzene rings is 1. The summed E-state index contributed by atoms with van der Waals surface area (Å²) in [6.45, 7) is 3.92. The highest BCUT2D eigenvalue weighted by Gasteiger charge is 2.31. The van der Waals surface area contributed by atoms with Crippen molar-refractivity contribution < 1.29 is 4.79 Å². The monoisotopic (exact) mass is 384 g/mol. The van der Waals surface area contributed by atoms with Crippen LogP contribution in [0.1, 0.15) is 31.4 Å². The van der Waals surface area contributed by atoms with Crippen LogP contribution in [0.4, 0.5) is 5.69 Å². The van der Waals surface area contributed by atoms with Crippen molar-refractivity contribution in [2.45, 2.75) is 43.1 Å². The fourth-order valence-corrected chi connectivity index (χ4v) is 4.40. The van der Waals surface area contributed by atoms with Gasteiger partial charge >= 0.3 is 0 Å². The molecule has 1 fully saturated rings. The number of amides is 1. The van der Waals surface area contributed by atoms with Crippen LogP contribution in [0.25, 0.3) is 10.7 Å². The largest absolute Gasteiger partial charge is 0.325 e. The molecule has 1 aromatic carbocycles. The van der Waals surface area contributed by atoms with Crippen molar-refractivity contribution in [2.24, 2.45) is 0 Å². The molecule has 1 N–H and O–H groups in total. The second-order valence-electron chi connectivity index (χ2n) is 6.50. The maximum Gasteiger partial charge on any atom is 0.237 e. The molecule has 26 heavy (non-hydrogen) atoms. The summed E-state index contributed by atoms with van der Waals surface area (Å²) >= 11 is 3.14. The number of carbonyl (C=O) groups excluding carboxylic acids is 1. The van der Waals surface area contributed by atoms with Gasteiger partial charge in [-0.3, -0.25) is 9.36 Å². The molecule has 5 nitrogen and oxygen atoms in total. The van der Waals surface area contributed by atoms with E-state index in [4.69, 9.17) is 0 Å². The van der Waals surface area contributed by atoms with Crippen molar-refractivity contribution in [3.8, 4) is 10.7 Å². The Bertz CT molecular complexity index is 916. The lowest BCUT2D eigenvalue weighted by Crippen LogP contribution is -2.23. The van der Waals surface area contributed by atoms with E-state index in [1.165, 1.54) is 11.8 Å². The summed E-state index contributed by atoms with van der Waals surface area (Å²) in [4.78, 5) is 13.7. The average Bonchev–Trinajstić information content (AvgIpc) is 3.14. The molecule has 1 amide bonds. The first-order chi connectivity index (χ1) is 12.6. The predicted molar refractivity (Wildman–Crippen MR) is 107 cm³/mol. The number of hydrogen-bond donors (Lipinski definition) is 1. The van der Waals surface area contributed by atoms with E-state index in [1.54, 1.807) is 11.3 Å². The summed E-state index contributed by atoms with van der Waals surface area (Å²) in [6.07, 6.45) is 2.29. The third kappa shape index (κ3) is 3.68. The van der Waals surface area contributed by atoms with Crippen LogP contribution in [0.15, 0.2) is 46.9 Å². The number of aromatic nitrogens is 3. The van der Waals surface area contributed by atoms with Gasteiger partial charge in [0.15, 0.2) is 11.0 Å². The number of anilines is 1. The fourth-order valence-electron chi connectivity index (χ4n) is 2.77. The lowest BCUT2D eigenvalue weighted by molar-refractivity contribution is -0.115. The second kappa shape index (κ2) is 7.25. The minimum atomic E-state index is -0.256. The van der Waals surface area contributed by atoms with Crippen LogP contribution in [0.2, 0.25) is 0 Å². The van der Waals surface area contributed by atoms with Gasteiger partial charge in [-0.15, -0.1) is 21.5 Å². The van der Waals surface area contributed by atoms with Crippen LogP contribution in [0, 0.1) is 6.92 Å². The number of carbonyl (C=O) groups is 1. The molecule has 0 saturated heterocycles. The Labute approximate surface area is 160 Å². The van der Waals surface area contributed by atoms with Crippen molar-refractivity contribution in [3.05, 3.63) is 47.3 Å². The van der Waals surface area contributed by atoms with Gasteiger partial charge in [-0.25, -0.2) is 0 Å². The molecule has 0 unspecified atom stereocenters. The lowest BCUT2D eigenvalue weighted by atomic mass is 10.2. The first kappa shape index (κ1) is 17.3. The van der Waals surface area contributed by atoms with Crippen LogP contribution in [-0.2, 0) is 4.79 Å². The van der Waals surface area contributed by atoms with Crippen molar-refractivity contribution in [2.75, 3.05) is 5.32 Å². The summed E-state index contributed by atoms with van der Waals surface area (Å²) in [5.74, 6) is 0.889. The molecule has 4 rings (SSSR count). The number of aryl methyl sites for hydroxylation is 1. The third-order valence-electron chi connectivity index (χ3n) is 4.26. The van der Waals surface area contributed by atoms with Gasteiger partial charge < -0.3 is 5.32 Å². The first-order valence-corrected chi connectivity index (χ1v) is 10.4. The molecule has 134 valence electrons. The van der Waals surface area contributed by atoms with E-state index in [0.29, 0.717) is 6.04 Å². The number of thiophene rings is 1. The molecule has 0 aliphatic heterocycles. The SMILES string of the molecule is Cc1cccc(NC(=O)[C@H](C)Sc2nnc(-c3cccs3)n2C2CC2)c1. The smallest absolute Gasteiger partial charge is 0.237 e. The van der Waals surface area contributed by atoms with Gasteiger partial charge in [-0.05, 0) is 55.8 Å². The highest BCUT2D eigenvalue weighted by atomic mass is 32.2. The zero-order valence-electron chi connectivity index (χ0n) is 14.7. The Morgan fingerprint density at radius 3 is 2.85 bits per heavy atom. The topological polar surface area (TPSA) is 59.8 Å². The van der Waals surface area contributed by atoms with Crippen LogP contribution >= 0.6 is 23.1 Å². The predicted octanol–water partition coefficient (Wildman–Crippen LogP) is 4.77. The molecule has 2 aromatic heterocycles. The molecular formula is C19H20N4OS2. The highest BCUT2D eigenvalue weighted by molar-refractivity contribution is 8.00. The normalized spacial score (nSPS) is 15.0. The summed E-state index contributed by atoms with van der Waals surface area (Å²) in [5.41, 5.74) is 1.95. The first-order valence-electron chi connectivity index (χ1n) is 8.65. The summed E-state index contributed by atoms with van der Waals surface area (Å²) in [5, 5.41) is 14.4. The number of nitrogens with one attached hydrogen (secondary N) is 1. The molecule has 0 spiro atoms. The Kier molecular flexibility index (Phi) is 4.82. The van der Waals surface area contributed by atoms with E-state index < -0.39 is 0 Å². The maximum absolute atomic E-state index is 12.6. The van der Waals surface area contributed by atoms with E-state index in [2.05, 4.69) is 26.1 Å². The van der Waals surface area contributed by atoms with Gasteiger partial charge in [0.25, 0.3) is 0 Å². The molecule has 3 aromatic rings. The summed E-state index contributed by atoms with van der Waals surface area (Å²) < 4.78 is 2.20. The van der Waals surface area contributed by atoms with E-state index in [-0.39, 0.29) is 11.2 Å². The Morgan fingerprint density at radius 1 is 1.31 bits per heavy atom. The Hall–Kier alpha value is -2.12. The van der Waals surface area contributed by atoms with Crippen molar-refractivity contribution in [3.63, 3.8) is 0 Å². The zero-order chi connectivity index (χ0) is 18.1. The summed E-state index contributed by atoms with van der Waals surface area (Å²) in [6, 6.07) is 12.4. The number of hydrogen-bond acceptors (Lipinski definition) is 5. The molecule has 2 heterocycles. The Morgan fingerprint density at radius 2 is 2.15 bits per heavy atom. The van der Waals surface area contributed by atoms with Crippen LogP contribution in [0.5, 0.6) is 0 Å². The van der Waals surface area contributed by atoms with Gasteiger partial charge in [0.05, 0.1) is 10.1 Å². The van der Waals surface area contributed by atoms with Crippen molar-refractivity contribution in [1.82, 2.24) is 14.8 Å². The number of nitrogens with zero attached hydrogens (tertiary/aromatic N) is 3. The average molecular weight is 385 g/mol. The van der Waals surface area contributed by atoms with E-state index in [1.807, 2.05) is 49.6 Å². The highest BCUT2D eigenvalue weighted by Crippen LogP contribution is 2.42. The molecule has 0 bridgehead atoms. The minimum Gasteiger partial charge on any atom is -0.325 e. The van der Waals surface area contributed by atoms with Gasteiger partial charge in [0.1, 0.15) is 0 Å². The van der Waals surface area contributed by atoms with E-state index in [9.17, 15) is 4.79 Å². The van der Waals surface area contributed by atoms with Gasteiger partial charge in [0.2, 0.25) is 5.91 Å².